The molecule has 0 fully saturated rings. The van der Waals surface area contributed by atoms with Crippen molar-refractivity contribution < 1.29 is 14.6 Å². The smallest absolute Gasteiger partial charge is 0.264 e. The topological polar surface area (TPSA) is 76.2 Å². The van der Waals surface area contributed by atoms with Gasteiger partial charge in [0.1, 0.15) is 5.75 Å². The molecule has 0 spiro atoms. The summed E-state index contributed by atoms with van der Waals surface area (Å²) in [6, 6.07) is 12.3. The molecule has 1 aromatic heterocycles. The predicted molar refractivity (Wildman–Crippen MR) is 105 cm³/mol. The monoisotopic (exact) mass is 405 g/mol. The number of carbonyl (C=O) groups excluding carboxylic acids is 1. The first-order chi connectivity index (χ1) is 13.0. The Labute approximate surface area is 166 Å². The molecule has 1 amide bonds. The summed E-state index contributed by atoms with van der Waals surface area (Å²) in [5, 5.41) is 19.5. The van der Waals surface area contributed by atoms with Crippen LogP contribution in [0, 0.1) is 0 Å². The lowest BCUT2D eigenvalue weighted by atomic mass is 10.2. The number of para-hydroxylation sites is 1. The molecule has 8 heteroatoms. The van der Waals surface area contributed by atoms with Crippen molar-refractivity contribution in [3.63, 3.8) is 0 Å². The van der Waals surface area contributed by atoms with E-state index in [-0.39, 0.29) is 18.0 Å². The Hall–Kier alpha value is -2.57. The number of hydrogen-bond acceptors (Lipinski definition) is 4. The van der Waals surface area contributed by atoms with Crippen molar-refractivity contribution in [2.24, 2.45) is 17.3 Å². The summed E-state index contributed by atoms with van der Waals surface area (Å²) in [6.45, 7) is 0.308. The summed E-state index contributed by atoms with van der Waals surface area (Å²) in [5.74, 6) is 0.0809. The molecule has 0 saturated heterocycles. The van der Waals surface area contributed by atoms with Gasteiger partial charge in [0.05, 0.1) is 17.1 Å². The van der Waals surface area contributed by atoms with E-state index >= 15 is 0 Å². The van der Waals surface area contributed by atoms with Gasteiger partial charge in [-0.3, -0.25) is 4.79 Å². The molecule has 3 rings (SSSR count). The number of rotatable bonds is 6. The summed E-state index contributed by atoms with van der Waals surface area (Å²) in [4.78, 5) is 11.9. The van der Waals surface area contributed by atoms with E-state index in [4.69, 9.17) is 27.9 Å². The van der Waals surface area contributed by atoms with Crippen LogP contribution in [0.4, 0.5) is 5.69 Å². The van der Waals surface area contributed by atoms with Crippen LogP contribution in [0.1, 0.15) is 12.8 Å². The highest BCUT2D eigenvalue weighted by Gasteiger charge is 2.14. The molecule has 0 bridgehead atoms. The number of amides is 1. The van der Waals surface area contributed by atoms with E-state index in [1.54, 1.807) is 29.8 Å². The number of hydrogen-bond donors (Lipinski definition) is 1. The minimum absolute atomic E-state index is 0.0338. The van der Waals surface area contributed by atoms with Gasteiger partial charge in [-0.15, -0.1) is 10.2 Å². The summed E-state index contributed by atoms with van der Waals surface area (Å²) in [6.07, 6.45) is 0.624. The van der Waals surface area contributed by atoms with Gasteiger partial charge in [-0.1, -0.05) is 41.4 Å². The normalized spacial score (nSPS) is 11.4. The number of ether oxygens (including phenoxy) is 1. The van der Waals surface area contributed by atoms with E-state index in [1.165, 1.54) is 0 Å². The van der Waals surface area contributed by atoms with Crippen molar-refractivity contribution in [2.45, 2.75) is 12.8 Å². The van der Waals surface area contributed by atoms with E-state index in [9.17, 15) is 9.90 Å². The van der Waals surface area contributed by atoms with Crippen LogP contribution in [0.2, 0.25) is 10.0 Å². The number of aromatic nitrogens is 1. The fourth-order valence-corrected chi connectivity index (χ4v) is 3.07. The van der Waals surface area contributed by atoms with Crippen molar-refractivity contribution in [2.75, 3.05) is 6.61 Å². The first kappa shape index (κ1) is 19.2. The maximum absolute atomic E-state index is 11.9. The largest absolute Gasteiger partial charge is 0.493 e. The molecule has 0 unspecified atom stereocenters. The van der Waals surface area contributed by atoms with Gasteiger partial charge in [0.15, 0.2) is 5.69 Å². The molecule has 27 heavy (non-hydrogen) atoms. The lowest BCUT2D eigenvalue weighted by molar-refractivity contribution is -0.118. The summed E-state index contributed by atoms with van der Waals surface area (Å²) >= 11 is 11.8. The Bertz CT molecular complexity index is 1010. The van der Waals surface area contributed by atoms with Crippen LogP contribution in [0.15, 0.2) is 52.7 Å². The highest BCUT2D eigenvalue weighted by atomic mass is 35.5. The third-order valence-electron chi connectivity index (χ3n) is 4.00. The highest BCUT2D eigenvalue weighted by molar-refractivity contribution is 6.35. The summed E-state index contributed by atoms with van der Waals surface area (Å²) < 4.78 is 7.12. The number of benzene rings is 2. The summed E-state index contributed by atoms with van der Waals surface area (Å²) in [7, 11) is 1.72. The molecular weight excluding hydrogens is 389 g/mol. The molecule has 0 aliphatic rings. The lowest BCUT2D eigenvalue weighted by Crippen LogP contribution is -2.01. The van der Waals surface area contributed by atoms with Crippen molar-refractivity contribution in [1.82, 2.24) is 4.57 Å². The molecule has 1 N–H and O–H groups in total. The molecule has 6 nitrogen and oxygen atoms in total. The molecule has 0 aliphatic heterocycles. The Morgan fingerprint density at radius 3 is 2.78 bits per heavy atom. The Kier molecular flexibility index (Phi) is 5.98. The van der Waals surface area contributed by atoms with Crippen LogP contribution in [0.25, 0.3) is 10.9 Å². The van der Waals surface area contributed by atoms with Crippen LogP contribution in [0.5, 0.6) is 11.6 Å². The maximum Gasteiger partial charge on any atom is 0.264 e. The zero-order chi connectivity index (χ0) is 19.4. The molecular formula is C19H17Cl2N3O3. The van der Waals surface area contributed by atoms with E-state index in [1.807, 2.05) is 24.3 Å². The number of halogens is 2. The molecule has 3 aromatic rings. The van der Waals surface area contributed by atoms with Gasteiger partial charge in [-0.2, -0.15) is 0 Å². The summed E-state index contributed by atoms with van der Waals surface area (Å²) in [5.41, 5.74) is 1.09. The van der Waals surface area contributed by atoms with Crippen LogP contribution in [-0.4, -0.2) is 22.2 Å². The van der Waals surface area contributed by atoms with Gasteiger partial charge < -0.3 is 14.4 Å². The number of aromatic hydroxyl groups is 1. The second-order valence-corrected chi connectivity index (χ2v) is 6.71. The van der Waals surface area contributed by atoms with Gasteiger partial charge in [-0.25, -0.2) is 0 Å². The fourth-order valence-electron chi connectivity index (χ4n) is 2.61. The Morgan fingerprint density at radius 1 is 1.22 bits per heavy atom. The van der Waals surface area contributed by atoms with Gasteiger partial charge >= 0.3 is 0 Å². The van der Waals surface area contributed by atoms with Gasteiger partial charge in [0.25, 0.3) is 5.91 Å². The van der Waals surface area contributed by atoms with E-state index in [0.717, 1.165) is 10.9 Å². The molecule has 0 atom stereocenters. The van der Waals surface area contributed by atoms with Crippen LogP contribution < -0.4 is 4.74 Å². The van der Waals surface area contributed by atoms with Crippen molar-refractivity contribution in [1.29, 1.82) is 0 Å². The third-order valence-corrected chi connectivity index (χ3v) is 4.53. The fraction of sp³-hybridized carbons (Fsp3) is 0.211. The standard InChI is InChI=1S/C19H17Cl2N3O3/c1-24-15-6-3-2-5-13(15)18(19(24)26)23-22-17(25)7-4-10-27-16-9-8-12(20)11-14(16)21/h2-3,5-6,8-9,11,26H,4,7,10H2,1H3. The lowest BCUT2D eigenvalue weighted by Gasteiger charge is -2.07. The third kappa shape index (κ3) is 4.40. The van der Waals surface area contributed by atoms with Gasteiger partial charge in [0.2, 0.25) is 5.88 Å². The van der Waals surface area contributed by atoms with Crippen LogP contribution >= 0.6 is 23.2 Å². The Balaban J connectivity index is 1.56. The van der Waals surface area contributed by atoms with Crippen molar-refractivity contribution in [3.05, 3.63) is 52.5 Å². The van der Waals surface area contributed by atoms with Crippen molar-refractivity contribution in [3.8, 4) is 11.6 Å². The first-order valence-corrected chi connectivity index (χ1v) is 9.02. The zero-order valence-electron chi connectivity index (χ0n) is 14.5. The maximum atomic E-state index is 11.9. The first-order valence-electron chi connectivity index (χ1n) is 8.26. The second-order valence-electron chi connectivity index (χ2n) is 5.87. The second kappa shape index (κ2) is 8.41. The van der Waals surface area contributed by atoms with E-state index < -0.39 is 5.91 Å². The molecule has 0 radical (unpaired) electrons. The quantitative estimate of drug-likeness (QED) is 0.424. The molecule has 0 aliphatic carbocycles. The van der Waals surface area contributed by atoms with E-state index in [0.29, 0.717) is 28.8 Å². The predicted octanol–water partition coefficient (Wildman–Crippen LogP) is 5.66. The number of aryl methyl sites for hydroxylation is 1. The Morgan fingerprint density at radius 2 is 2.00 bits per heavy atom. The molecule has 2 aromatic carbocycles. The number of nitrogens with zero attached hydrogens (tertiary/aromatic N) is 3. The minimum Gasteiger partial charge on any atom is -0.493 e. The number of fused-ring (bicyclic) bond motifs is 1. The zero-order valence-corrected chi connectivity index (χ0v) is 16.0. The number of carbonyl (C=O) groups is 1. The van der Waals surface area contributed by atoms with Crippen LogP contribution in [-0.2, 0) is 11.8 Å². The average molecular weight is 406 g/mol. The molecule has 0 saturated carbocycles. The molecule has 1 heterocycles. The highest BCUT2D eigenvalue weighted by Crippen LogP contribution is 2.37. The van der Waals surface area contributed by atoms with E-state index in [2.05, 4.69) is 10.2 Å². The van der Waals surface area contributed by atoms with Crippen molar-refractivity contribution >= 4 is 45.7 Å². The van der Waals surface area contributed by atoms with Gasteiger partial charge in [-0.05, 0) is 30.7 Å². The number of azo groups is 1. The van der Waals surface area contributed by atoms with Crippen LogP contribution in [0.3, 0.4) is 0 Å². The molecule has 140 valence electrons. The van der Waals surface area contributed by atoms with Gasteiger partial charge in [0, 0.05) is 23.9 Å². The SMILES string of the molecule is Cn1c(O)c(N=NC(=O)CCCOc2ccc(Cl)cc2Cl)c2ccccc21. The minimum atomic E-state index is -0.395. The average Bonchev–Trinajstić information content (AvgIpc) is 2.89.